The molecule has 1 aromatic rings. The SMILES string of the molecule is COCc1nc(Cl)cc(NCCNS(C)(=O)=O)n1. The van der Waals surface area contributed by atoms with Crippen LogP contribution in [-0.2, 0) is 21.4 Å². The maximum absolute atomic E-state index is 10.8. The first-order chi connectivity index (χ1) is 8.40. The minimum atomic E-state index is -3.17. The van der Waals surface area contributed by atoms with Gasteiger partial charge in [0.05, 0.1) is 6.26 Å². The van der Waals surface area contributed by atoms with Gasteiger partial charge in [0.2, 0.25) is 10.0 Å². The highest BCUT2D eigenvalue weighted by Gasteiger charge is 2.03. The van der Waals surface area contributed by atoms with Gasteiger partial charge in [0.1, 0.15) is 17.6 Å². The Hall–Kier alpha value is -0.960. The minimum Gasteiger partial charge on any atom is -0.377 e. The van der Waals surface area contributed by atoms with E-state index in [1.54, 1.807) is 6.07 Å². The van der Waals surface area contributed by atoms with E-state index in [0.717, 1.165) is 6.26 Å². The van der Waals surface area contributed by atoms with Crippen molar-refractivity contribution < 1.29 is 13.2 Å². The summed E-state index contributed by atoms with van der Waals surface area (Å²) in [5.41, 5.74) is 0. The Morgan fingerprint density at radius 1 is 1.39 bits per heavy atom. The van der Waals surface area contributed by atoms with Crippen LogP contribution in [0.4, 0.5) is 5.82 Å². The smallest absolute Gasteiger partial charge is 0.208 e. The third-order valence-electron chi connectivity index (χ3n) is 1.81. The number of methoxy groups -OCH3 is 1. The number of sulfonamides is 1. The van der Waals surface area contributed by atoms with Crippen molar-refractivity contribution in [1.29, 1.82) is 0 Å². The summed E-state index contributed by atoms with van der Waals surface area (Å²) in [6, 6.07) is 1.56. The van der Waals surface area contributed by atoms with Crippen molar-refractivity contribution in [2.24, 2.45) is 0 Å². The van der Waals surface area contributed by atoms with Crippen molar-refractivity contribution in [1.82, 2.24) is 14.7 Å². The zero-order chi connectivity index (χ0) is 13.6. The van der Waals surface area contributed by atoms with Crippen LogP contribution < -0.4 is 10.0 Å². The Balaban J connectivity index is 2.51. The second-order valence-corrected chi connectivity index (χ2v) is 5.74. The van der Waals surface area contributed by atoms with Gasteiger partial charge >= 0.3 is 0 Å². The van der Waals surface area contributed by atoms with Crippen LogP contribution in [0.5, 0.6) is 0 Å². The molecular weight excluding hydrogens is 280 g/mol. The predicted octanol–water partition coefficient (Wildman–Crippen LogP) is 0.237. The molecule has 0 spiro atoms. The van der Waals surface area contributed by atoms with Gasteiger partial charge in [-0.1, -0.05) is 11.6 Å². The average molecular weight is 295 g/mol. The molecule has 9 heteroatoms. The van der Waals surface area contributed by atoms with E-state index in [2.05, 4.69) is 20.0 Å². The van der Waals surface area contributed by atoms with E-state index in [1.165, 1.54) is 7.11 Å². The minimum absolute atomic E-state index is 0.261. The van der Waals surface area contributed by atoms with Gasteiger partial charge in [0.25, 0.3) is 0 Å². The van der Waals surface area contributed by atoms with E-state index < -0.39 is 10.0 Å². The summed E-state index contributed by atoms with van der Waals surface area (Å²) in [5.74, 6) is 0.987. The zero-order valence-corrected chi connectivity index (χ0v) is 11.7. The van der Waals surface area contributed by atoms with Gasteiger partial charge < -0.3 is 10.1 Å². The fourth-order valence-corrected chi connectivity index (χ4v) is 1.85. The summed E-state index contributed by atoms with van der Waals surface area (Å²) < 4.78 is 28.9. The summed E-state index contributed by atoms with van der Waals surface area (Å²) in [7, 11) is -1.64. The number of nitrogens with one attached hydrogen (secondary N) is 2. The van der Waals surface area contributed by atoms with Crippen molar-refractivity contribution in [2.75, 3.05) is 31.8 Å². The number of halogens is 1. The van der Waals surface area contributed by atoms with E-state index in [1.807, 2.05) is 0 Å². The average Bonchev–Trinajstić information content (AvgIpc) is 2.23. The Labute approximate surface area is 111 Å². The summed E-state index contributed by atoms with van der Waals surface area (Å²) in [5, 5.41) is 3.24. The molecule has 18 heavy (non-hydrogen) atoms. The normalized spacial score (nSPS) is 11.5. The largest absolute Gasteiger partial charge is 0.377 e. The molecule has 0 unspecified atom stereocenters. The number of ether oxygens (including phenoxy) is 1. The molecule has 0 amide bonds. The van der Waals surface area contributed by atoms with Crippen LogP contribution in [0.25, 0.3) is 0 Å². The third-order valence-corrected chi connectivity index (χ3v) is 2.73. The maximum atomic E-state index is 10.8. The molecule has 0 bridgehead atoms. The summed E-state index contributed by atoms with van der Waals surface area (Å²) in [6.07, 6.45) is 1.10. The molecule has 102 valence electrons. The molecule has 1 rings (SSSR count). The Morgan fingerprint density at radius 2 is 2.11 bits per heavy atom. The summed E-state index contributed by atoms with van der Waals surface area (Å²) in [4.78, 5) is 8.12. The second kappa shape index (κ2) is 6.83. The Morgan fingerprint density at radius 3 is 2.72 bits per heavy atom. The van der Waals surface area contributed by atoms with Gasteiger partial charge in [-0.25, -0.2) is 23.1 Å². The molecule has 1 heterocycles. The molecule has 7 nitrogen and oxygen atoms in total. The molecule has 0 radical (unpaired) electrons. The molecule has 0 aliphatic heterocycles. The van der Waals surface area contributed by atoms with Crippen LogP contribution in [0.15, 0.2) is 6.07 Å². The molecule has 0 saturated carbocycles. The lowest BCUT2D eigenvalue weighted by Crippen LogP contribution is -2.27. The Bertz CT molecular complexity index is 495. The molecule has 2 N–H and O–H groups in total. The van der Waals surface area contributed by atoms with Gasteiger partial charge in [-0.15, -0.1) is 0 Å². The van der Waals surface area contributed by atoms with Crippen LogP contribution in [0.2, 0.25) is 5.15 Å². The summed E-state index contributed by atoms with van der Waals surface area (Å²) in [6.45, 7) is 0.920. The molecule has 0 saturated heterocycles. The van der Waals surface area contributed by atoms with E-state index >= 15 is 0 Å². The van der Waals surface area contributed by atoms with Crippen molar-refractivity contribution >= 4 is 27.4 Å². The van der Waals surface area contributed by atoms with E-state index in [-0.39, 0.29) is 13.2 Å². The first-order valence-electron chi connectivity index (χ1n) is 5.11. The lowest BCUT2D eigenvalue weighted by molar-refractivity contribution is 0.178. The lowest BCUT2D eigenvalue weighted by atomic mass is 10.5. The first-order valence-corrected chi connectivity index (χ1v) is 7.38. The number of rotatable bonds is 7. The highest BCUT2D eigenvalue weighted by Crippen LogP contribution is 2.11. The van der Waals surface area contributed by atoms with Crippen molar-refractivity contribution in [3.63, 3.8) is 0 Å². The number of hydrogen-bond acceptors (Lipinski definition) is 6. The van der Waals surface area contributed by atoms with Gasteiger partial charge in [0.15, 0.2) is 5.82 Å². The molecule has 0 aromatic carbocycles. The van der Waals surface area contributed by atoms with Gasteiger partial charge in [-0.2, -0.15) is 0 Å². The molecule has 0 aliphatic carbocycles. The van der Waals surface area contributed by atoms with Crippen molar-refractivity contribution in [3.8, 4) is 0 Å². The topological polar surface area (TPSA) is 93.2 Å². The van der Waals surface area contributed by atoms with E-state index in [9.17, 15) is 8.42 Å². The monoisotopic (exact) mass is 294 g/mol. The highest BCUT2D eigenvalue weighted by molar-refractivity contribution is 7.88. The van der Waals surface area contributed by atoms with Crippen LogP contribution in [0, 0.1) is 0 Å². The molecule has 0 aliphatic rings. The number of nitrogens with zero attached hydrogens (tertiary/aromatic N) is 2. The lowest BCUT2D eigenvalue weighted by Gasteiger charge is -2.07. The van der Waals surface area contributed by atoms with Crippen LogP contribution in [0.1, 0.15) is 5.82 Å². The summed E-state index contributed by atoms with van der Waals surface area (Å²) >= 11 is 5.81. The standard InChI is InChI=1S/C9H15ClN4O3S/c1-17-6-9-13-7(10)5-8(14-9)11-3-4-12-18(2,15)16/h5,12H,3-4,6H2,1-2H3,(H,11,13,14). The molecule has 0 fully saturated rings. The second-order valence-electron chi connectivity index (χ2n) is 3.52. The zero-order valence-electron chi connectivity index (χ0n) is 10.1. The molecule has 0 atom stereocenters. The fourth-order valence-electron chi connectivity index (χ4n) is 1.18. The van der Waals surface area contributed by atoms with Crippen molar-refractivity contribution in [3.05, 3.63) is 17.0 Å². The fraction of sp³-hybridized carbons (Fsp3) is 0.556. The number of anilines is 1. The quantitative estimate of drug-likeness (QED) is 0.553. The first kappa shape index (κ1) is 15.1. The maximum Gasteiger partial charge on any atom is 0.208 e. The van der Waals surface area contributed by atoms with Crippen LogP contribution in [-0.4, -0.2) is 44.8 Å². The van der Waals surface area contributed by atoms with Gasteiger partial charge in [-0.05, 0) is 0 Å². The number of aromatic nitrogens is 2. The van der Waals surface area contributed by atoms with E-state index in [0.29, 0.717) is 23.3 Å². The Kier molecular flexibility index (Phi) is 5.73. The third kappa shape index (κ3) is 6.10. The van der Waals surface area contributed by atoms with Gasteiger partial charge in [0, 0.05) is 26.3 Å². The number of hydrogen-bond donors (Lipinski definition) is 2. The van der Waals surface area contributed by atoms with Gasteiger partial charge in [-0.3, -0.25) is 0 Å². The predicted molar refractivity (Wildman–Crippen MR) is 69.1 cm³/mol. The highest BCUT2D eigenvalue weighted by atomic mass is 35.5. The van der Waals surface area contributed by atoms with Crippen LogP contribution in [0.3, 0.4) is 0 Å². The van der Waals surface area contributed by atoms with E-state index in [4.69, 9.17) is 16.3 Å². The molecule has 1 aromatic heterocycles. The van der Waals surface area contributed by atoms with Crippen LogP contribution >= 0.6 is 11.6 Å². The molecular formula is C9H15ClN4O3S. The van der Waals surface area contributed by atoms with Crippen molar-refractivity contribution in [2.45, 2.75) is 6.61 Å².